The van der Waals surface area contributed by atoms with Gasteiger partial charge >= 0.3 is 0 Å². The molecular formula is C13H16N2O2. The maximum Gasteiger partial charge on any atom is 0.230 e. The van der Waals surface area contributed by atoms with E-state index in [1.165, 1.54) is 0 Å². The van der Waals surface area contributed by atoms with Crippen molar-refractivity contribution in [3.63, 3.8) is 0 Å². The van der Waals surface area contributed by atoms with E-state index in [1.807, 2.05) is 29.2 Å². The van der Waals surface area contributed by atoms with E-state index in [2.05, 4.69) is 0 Å². The molecule has 17 heavy (non-hydrogen) atoms. The molecule has 0 spiro atoms. The number of methoxy groups -OCH3 is 1. The number of amides is 1. The van der Waals surface area contributed by atoms with Crippen LogP contribution in [-0.2, 0) is 4.79 Å². The Morgan fingerprint density at radius 2 is 2.12 bits per heavy atom. The molecule has 1 aliphatic carbocycles. The van der Waals surface area contributed by atoms with Crippen LogP contribution in [-0.4, -0.2) is 25.6 Å². The quantitative estimate of drug-likeness (QED) is 0.846. The summed E-state index contributed by atoms with van der Waals surface area (Å²) in [5.41, 5.74) is 6.71. The fourth-order valence-corrected chi connectivity index (χ4v) is 2.80. The lowest BCUT2D eigenvalue weighted by molar-refractivity contribution is -0.118. The predicted molar refractivity (Wildman–Crippen MR) is 64.9 cm³/mol. The van der Waals surface area contributed by atoms with Crippen LogP contribution in [0.5, 0.6) is 5.75 Å². The Labute approximate surface area is 100 Å². The van der Waals surface area contributed by atoms with Crippen LogP contribution in [0.25, 0.3) is 0 Å². The molecule has 2 fully saturated rings. The maximum absolute atomic E-state index is 12.1. The normalized spacial score (nSPS) is 30.4. The van der Waals surface area contributed by atoms with Gasteiger partial charge in [-0.15, -0.1) is 0 Å². The van der Waals surface area contributed by atoms with Crippen molar-refractivity contribution in [1.82, 2.24) is 0 Å². The minimum Gasteiger partial charge on any atom is -0.497 e. The van der Waals surface area contributed by atoms with E-state index in [9.17, 15) is 4.79 Å². The third kappa shape index (κ3) is 1.52. The second-order valence-corrected chi connectivity index (χ2v) is 4.72. The largest absolute Gasteiger partial charge is 0.497 e. The van der Waals surface area contributed by atoms with E-state index in [-0.39, 0.29) is 17.9 Å². The van der Waals surface area contributed by atoms with Crippen LogP contribution in [0.15, 0.2) is 24.3 Å². The van der Waals surface area contributed by atoms with Gasteiger partial charge < -0.3 is 15.4 Å². The van der Waals surface area contributed by atoms with Crippen LogP contribution in [0.3, 0.4) is 0 Å². The van der Waals surface area contributed by atoms with Crippen molar-refractivity contribution in [2.45, 2.75) is 12.5 Å². The molecule has 1 heterocycles. The highest BCUT2D eigenvalue weighted by Crippen LogP contribution is 2.51. The highest BCUT2D eigenvalue weighted by molar-refractivity contribution is 6.00. The van der Waals surface area contributed by atoms with E-state index >= 15 is 0 Å². The molecule has 0 radical (unpaired) electrons. The van der Waals surface area contributed by atoms with Crippen molar-refractivity contribution in [3.8, 4) is 5.75 Å². The SMILES string of the molecule is COc1ccc(N2C(=O)C3CC3C2CN)cc1. The molecule has 3 rings (SSSR count). The summed E-state index contributed by atoms with van der Waals surface area (Å²) in [6, 6.07) is 7.77. The number of fused-ring (bicyclic) bond motifs is 1. The molecule has 3 unspecified atom stereocenters. The van der Waals surface area contributed by atoms with E-state index in [0.717, 1.165) is 17.9 Å². The third-order valence-corrected chi connectivity index (χ3v) is 3.81. The smallest absolute Gasteiger partial charge is 0.230 e. The predicted octanol–water partition coefficient (Wildman–Crippen LogP) is 1.01. The van der Waals surface area contributed by atoms with Gasteiger partial charge in [0.1, 0.15) is 5.75 Å². The van der Waals surface area contributed by atoms with Crippen molar-refractivity contribution in [1.29, 1.82) is 0 Å². The number of rotatable bonds is 3. The summed E-state index contributed by atoms with van der Waals surface area (Å²) in [5, 5.41) is 0. The van der Waals surface area contributed by atoms with Crippen molar-refractivity contribution < 1.29 is 9.53 Å². The van der Waals surface area contributed by atoms with Crippen molar-refractivity contribution in [2.24, 2.45) is 17.6 Å². The fraction of sp³-hybridized carbons (Fsp3) is 0.462. The summed E-state index contributed by atoms with van der Waals surface area (Å²) < 4.78 is 5.11. The van der Waals surface area contributed by atoms with Crippen LogP contribution in [0.1, 0.15) is 6.42 Å². The molecule has 0 aromatic heterocycles. The zero-order chi connectivity index (χ0) is 12.0. The first kappa shape index (κ1) is 10.6. The molecule has 90 valence electrons. The van der Waals surface area contributed by atoms with Gasteiger partial charge in [0, 0.05) is 18.2 Å². The van der Waals surface area contributed by atoms with Gasteiger partial charge in [-0.2, -0.15) is 0 Å². The average Bonchev–Trinajstić information content (AvgIpc) is 3.10. The number of nitrogens with two attached hydrogens (primary N) is 1. The van der Waals surface area contributed by atoms with Gasteiger partial charge in [-0.1, -0.05) is 0 Å². The first-order chi connectivity index (χ1) is 8.26. The molecule has 2 aliphatic rings. The topological polar surface area (TPSA) is 55.6 Å². The summed E-state index contributed by atoms with van der Waals surface area (Å²) in [6.45, 7) is 0.541. The van der Waals surface area contributed by atoms with Gasteiger partial charge in [-0.25, -0.2) is 0 Å². The van der Waals surface area contributed by atoms with Gasteiger partial charge in [0.25, 0.3) is 0 Å². The number of anilines is 1. The Hall–Kier alpha value is -1.55. The van der Waals surface area contributed by atoms with E-state index in [0.29, 0.717) is 12.5 Å². The number of nitrogens with zero attached hydrogens (tertiary/aromatic N) is 1. The number of carbonyl (C=O) groups excluding carboxylic acids is 1. The fourth-order valence-electron chi connectivity index (χ4n) is 2.80. The molecule has 1 aromatic carbocycles. The van der Waals surface area contributed by atoms with Crippen LogP contribution >= 0.6 is 0 Å². The summed E-state index contributed by atoms with van der Waals surface area (Å²) >= 11 is 0. The number of hydrogen-bond acceptors (Lipinski definition) is 3. The lowest BCUT2D eigenvalue weighted by Crippen LogP contribution is -2.41. The van der Waals surface area contributed by atoms with Crippen molar-refractivity contribution in [2.75, 3.05) is 18.6 Å². The van der Waals surface area contributed by atoms with Crippen LogP contribution in [0.4, 0.5) is 5.69 Å². The maximum atomic E-state index is 12.1. The number of benzene rings is 1. The van der Waals surface area contributed by atoms with Gasteiger partial charge in [-0.3, -0.25) is 4.79 Å². The zero-order valence-electron chi connectivity index (χ0n) is 9.80. The van der Waals surface area contributed by atoms with Gasteiger partial charge in [-0.05, 0) is 36.6 Å². The molecule has 1 saturated carbocycles. The Kier molecular flexibility index (Phi) is 2.33. The molecule has 1 amide bonds. The minimum absolute atomic E-state index is 0.181. The second-order valence-electron chi connectivity index (χ2n) is 4.72. The van der Waals surface area contributed by atoms with E-state index < -0.39 is 0 Å². The number of hydrogen-bond donors (Lipinski definition) is 1. The van der Waals surface area contributed by atoms with Crippen molar-refractivity contribution in [3.05, 3.63) is 24.3 Å². The minimum atomic E-state index is 0.181. The Bertz CT molecular complexity index is 443. The number of carbonyl (C=O) groups is 1. The standard InChI is InChI=1S/C13H16N2O2/c1-17-9-4-2-8(3-5-9)15-12(7-14)10-6-11(10)13(15)16/h2-5,10-12H,6-7,14H2,1H3. The van der Waals surface area contributed by atoms with Crippen molar-refractivity contribution >= 4 is 11.6 Å². The highest BCUT2D eigenvalue weighted by atomic mass is 16.5. The lowest BCUT2D eigenvalue weighted by Gasteiger charge is -2.26. The summed E-state index contributed by atoms with van der Waals surface area (Å²) in [5.74, 6) is 1.74. The Morgan fingerprint density at radius 3 is 2.71 bits per heavy atom. The van der Waals surface area contributed by atoms with Crippen LogP contribution in [0.2, 0.25) is 0 Å². The van der Waals surface area contributed by atoms with E-state index in [1.54, 1.807) is 7.11 Å². The van der Waals surface area contributed by atoms with E-state index in [4.69, 9.17) is 10.5 Å². The van der Waals surface area contributed by atoms with Gasteiger partial charge in [0.05, 0.1) is 13.2 Å². The number of piperidine rings is 1. The molecule has 1 aromatic rings. The Morgan fingerprint density at radius 1 is 1.41 bits per heavy atom. The third-order valence-electron chi connectivity index (χ3n) is 3.81. The van der Waals surface area contributed by atoms with Crippen LogP contribution in [0, 0.1) is 11.8 Å². The summed E-state index contributed by atoms with van der Waals surface area (Å²) in [6.07, 6.45) is 1.02. The molecule has 4 nitrogen and oxygen atoms in total. The molecule has 3 atom stereocenters. The molecule has 1 saturated heterocycles. The zero-order valence-corrected chi connectivity index (χ0v) is 9.80. The second kappa shape index (κ2) is 3.74. The molecular weight excluding hydrogens is 216 g/mol. The van der Waals surface area contributed by atoms with Gasteiger partial charge in [0.2, 0.25) is 5.91 Å². The monoisotopic (exact) mass is 232 g/mol. The Balaban J connectivity index is 1.89. The van der Waals surface area contributed by atoms with Crippen LogP contribution < -0.4 is 15.4 Å². The molecule has 2 N–H and O–H groups in total. The molecule has 1 aliphatic heterocycles. The number of ether oxygens (including phenoxy) is 1. The average molecular weight is 232 g/mol. The summed E-state index contributed by atoms with van der Waals surface area (Å²) in [7, 11) is 1.63. The first-order valence-corrected chi connectivity index (χ1v) is 5.93. The summed E-state index contributed by atoms with van der Waals surface area (Å²) in [4.78, 5) is 14.0. The molecule has 4 heteroatoms. The lowest BCUT2D eigenvalue weighted by atomic mass is 10.1. The first-order valence-electron chi connectivity index (χ1n) is 5.93. The highest BCUT2D eigenvalue weighted by Gasteiger charge is 2.58. The van der Waals surface area contributed by atoms with Gasteiger partial charge in [0.15, 0.2) is 0 Å². The molecule has 0 bridgehead atoms.